The molecule has 2 heterocycles. The molecule has 2 aromatic heterocycles. The van der Waals surface area contributed by atoms with Crippen molar-refractivity contribution >= 4 is 11.3 Å². The maximum atomic E-state index is 4.82. The monoisotopic (exact) mass is 290 g/mol. The van der Waals surface area contributed by atoms with Gasteiger partial charge in [0.2, 0.25) is 0 Å². The highest BCUT2D eigenvalue weighted by atomic mass is 32.1. The first-order valence-corrected chi connectivity index (χ1v) is 8.29. The van der Waals surface area contributed by atoms with Gasteiger partial charge in [-0.3, -0.25) is 4.68 Å². The van der Waals surface area contributed by atoms with Gasteiger partial charge in [-0.15, -0.1) is 11.3 Å². The molecule has 0 bridgehead atoms. The molecule has 0 saturated heterocycles. The fourth-order valence-corrected chi connectivity index (χ4v) is 3.26. The third kappa shape index (κ3) is 2.94. The standard InChI is InChI=1S/C15H22N4S/c1-4-19-8-11(7-16-19)14(17-12-5-6-12)15-18-13(9-20-15)10(2)3/h7-10,12,14,17H,4-6H2,1-3H3. The summed E-state index contributed by atoms with van der Waals surface area (Å²) in [6.07, 6.45) is 6.66. The Morgan fingerprint density at radius 2 is 2.25 bits per heavy atom. The lowest BCUT2D eigenvalue weighted by Gasteiger charge is -2.14. The molecule has 1 saturated carbocycles. The van der Waals surface area contributed by atoms with Crippen molar-refractivity contribution in [3.8, 4) is 0 Å². The van der Waals surface area contributed by atoms with E-state index in [-0.39, 0.29) is 6.04 Å². The minimum atomic E-state index is 0.195. The van der Waals surface area contributed by atoms with Crippen LogP contribution in [0.5, 0.6) is 0 Å². The van der Waals surface area contributed by atoms with Crippen molar-refractivity contribution in [1.82, 2.24) is 20.1 Å². The molecule has 108 valence electrons. The molecule has 1 unspecified atom stereocenters. The van der Waals surface area contributed by atoms with Crippen LogP contribution in [0.25, 0.3) is 0 Å². The highest BCUT2D eigenvalue weighted by molar-refractivity contribution is 7.09. The van der Waals surface area contributed by atoms with Crippen LogP contribution >= 0.6 is 11.3 Å². The number of aromatic nitrogens is 3. The number of aryl methyl sites for hydroxylation is 1. The van der Waals surface area contributed by atoms with Crippen molar-refractivity contribution in [2.75, 3.05) is 0 Å². The van der Waals surface area contributed by atoms with Crippen LogP contribution in [-0.2, 0) is 6.54 Å². The van der Waals surface area contributed by atoms with E-state index in [9.17, 15) is 0 Å². The molecular formula is C15H22N4S. The lowest BCUT2D eigenvalue weighted by atomic mass is 10.1. The van der Waals surface area contributed by atoms with E-state index in [2.05, 4.69) is 42.8 Å². The van der Waals surface area contributed by atoms with Crippen molar-refractivity contribution in [2.24, 2.45) is 0 Å². The molecule has 5 heteroatoms. The molecule has 1 aliphatic rings. The summed E-state index contributed by atoms with van der Waals surface area (Å²) in [6.45, 7) is 7.40. The Kier molecular flexibility index (Phi) is 3.89. The van der Waals surface area contributed by atoms with Crippen LogP contribution in [-0.4, -0.2) is 20.8 Å². The number of thiazole rings is 1. The average Bonchev–Trinajstić information content (AvgIpc) is 2.96. The van der Waals surface area contributed by atoms with E-state index in [1.165, 1.54) is 24.1 Å². The summed E-state index contributed by atoms with van der Waals surface area (Å²) in [5.41, 5.74) is 2.42. The largest absolute Gasteiger partial charge is 0.301 e. The molecule has 1 atom stereocenters. The van der Waals surface area contributed by atoms with Gasteiger partial charge >= 0.3 is 0 Å². The van der Waals surface area contributed by atoms with Gasteiger partial charge in [0.15, 0.2) is 0 Å². The van der Waals surface area contributed by atoms with Gasteiger partial charge in [-0.2, -0.15) is 5.10 Å². The molecule has 0 amide bonds. The van der Waals surface area contributed by atoms with Crippen LogP contribution in [0.1, 0.15) is 61.8 Å². The van der Waals surface area contributed by atoms with E-state index < -0.39 is 0 Å². The summed E-state index contributed by atoms with van der Waals surface area (Å²) in [4.78, 5) is 4.82. The van der Waals surface area contributed by atoms with E-state index in [1.54, 1.807) is 11.3 Å². The zero-order chi connectivity index (χ0) is 14.1. The van der Waals surface area contributed by atoms with Crippen LogP contribution in [0.15, 0.2) is 17.8 Å². The first kappa shape index (κ1) is 13.8. The van der Waals surface area contributed by atoms with Gasteiger partial charge in [0.1, 0.15) is 5.01 Å². The second kappa shape index (κ2) is 5.66. The van der Waals surface area contributed by atoms with Crippen LogP contribution in [0.3, 0.4) is 0 Å². The predicted octanol–water partition coefficient (Wildman–Crippen LogP) is 3.32. The molecular weight excluding hydrogens is 268 g/mol. The fraction of sp³-hybridized carbons (Fsp3) is 0.600. The van der Waals surface area contributed by atoms with Crippen LogP contribution in [0.2, 0.25) is 0 Å². The molecule has 0 aliphatic heterocycles. The minimum Gasteiger partial charge on any atom is -0.301 e. The maximum absolute atomic E-state index is 4.82. The average molecular weight is 290 g/mol. The number of nitrogens with zero attached hydrogens (tertiary/aromatic N) is 3. The molecule has 0 aromatic carbocycles. The number of hydrogen-bond donors (Lipinski definition) is 1. The first-order valence-electron chi connectivity index (χ1n) is 7.41. The van der Waals surface area contributed by atoms with Crippen molar-refractivity contribution in [2.45, 2.75) is 58.2 Å². The van der Waals surface area contributed by atoms with Crippen LogP contribution in [0, 0.1) is 0 Å². The molecule has 0 radical (unpaired) electrons. The smallest absolute Gasteiger partial charge is 0.115 e. The van der Waals surface area contributed by atoms with Gasteiger partial charge in [0.05, 0.1) is 17.9 Å². The molecule has 2 aromatic rings. The van der Waals surface area contributed by atoms with E-state index >= 15 is 0 Å². The van der Waals surface area contributed by atoms with Crippen molar-refractivity contribution in [1.29, 1.82) is 0 Å². The number of rotatable bonds is 6. The van der Waals surface area contributed by atoms with E-state index in [0.717, 1.165) is 11.6 Å². The lowest BCUT2D eigenvalue weighted by Crippen LogP contribution is -2.24. The Bertz CT molecular complexity index is 568. The van der Waals surface area contributed by atoms with Crippen molar-refractivity contribution in [3.63, 3.8) is 0 Å². The number of hydrogen-bond acceptors (Lipinski definition) is 4. The predicted molar refractivity (Wildman–Crippen MR) is 82.1 cm³/mol. The van der Waals surface area contributed by atoms with E-state index in [0.29, 0.717) is 12.0 Å². The van der Waals surface area contributed by atoms with Gasteiger partial charge in [0, 0.05) is 29.7 Å². The zero-order valence-electron chi connectivity index (χ0n) is 12.3. The summed E-state index contributed by atoms with van der Waals surface area (Å²) in [5, 5.41) is 11.5. The molecule has 4 nitrogen and oxygen atoms in total. The Balaban J connectivity index is 1.87. The molecule has 0 spiro atoms. The SMILES string of the molecule is CCn1cc(C(NC2CC2)c2nc(C(C)C)cs2)cn1. The second-order valence-electron chi connectivity index (χ2n) is 5.77. The molecule has 1 aliphatic carbocycles. The first-order chi connectivity index (χ1) is 9.67. The van der Waals surface area contributed by atoms with E-state index in [4.69, 9.17) is 4.98 Å². The fourth-order valence-electron chi connectivity index (χ4n) is 2.20. The Hall–Kier alpha value is -1.20. The summed E-state index contributed by atoms with van der Waals surface area (Å²) in [5.74, 6) is 0.486. The molecule has 3 rings (SSSR count). The number of nitrogens with one attached hydrogen (secondary N) is 1. The Labute approximate surface area is 124 Å². The summed E-state index contributed by atoms with van der Waals surface area (Å²) in [6, 6.07) is 0.844. The topological polar surface area (TPSA) is 42.7 Å². The van der Waals surface area contributed by atoms with Gasteiger partial charge in [0.25, 0.3) is 0 Å². The van der Waals surface area contributed by atoms with E-state index in [1.807, 2.05) is 10.9 Å². The van der Waals surface area contributed by atoms with Crippen LogP contribution < -0.4 is 5.32 Å². The van der Waals surface area contributed by atoms with Crippen molar-refractivity contribution < 1.29 is 0 Å². The van der Waals surface area contributed by atoms with Gasteiger partial charge < -0.3 is 5.32 Å². The lowest BCUT2D eigenvalue weighted by molar-refractivity contribution is 0.593. The molecule has 20 heavy (non-hydrogen) atoms. The second-order valence-corrected chi connectivity index (χ2v) is 6.66. The third-order valence-electron chi connectivity index (χ3n) is 3.67. The third-order valence-corrected chi connectivity index (χ3v) is 4.60. The Morgan fingerprint density at radius 1 is 1.45 bits per heavy atom. The minimum absolute atomic E-state index is 0.195. The summed E-state index contributed by atoms with van der Waals surface area (Å²) >= 11 is 1.76. The highest BCUT2D eigenvalue weighted by Gasteiger charge is 2.28. The van der Waals surface area contributed by atoms with Gasteiger partial charge in [-0.25, -0.2) is 4.98 Å². The van der Waals surface area contributed by atoms with Gasteiger partial charge in [-0.05, 0) is 25.7 Å². The Morgan fingerprint density at radius 3 is 2.80 bits per heavy atom. The summed E-state index contributed by atoms with van der Waals surface area (Å²) < 4.78 is 1.98. The normalized spacial score (nSPS) is 16.8. The summed E-state index contributed by atoms with van der Waals surface area (Å²) in [7, 11) is 0. The molecule has 1 fully saturated rings. The highest BCUT2D eigenvalue weighted by Crippen LogP contribution is 2.31. The van der Waals surface area contributed by atoms with Gasteiger partial charge in [-0.1, -0.05) is 13.8 Å². The maximum Gasteiger partial charge on any atom is 0.115 e. The van der Waals surface area contributed by atoms with Crippen molar-refractivity contribution in [3.05, 3.63) is 34.0 Å². The van der Waals surface area contributed by atoms with Crippen LogP contribution in [0.4, 0.5) is 0 Å². The zero-order valence-corrected chi connectivity index (χ0v) is 13.2. The quantitative estimate of drug-likeness (QED) is 0.887. The molecule has 1 N–H and O–H groups in total.